The third-order valence-corrected chi connectivity index (χ3v) is 1.99. The van der Waals surface area contributed by atoms with Crippen molar-refractivity contribution in [2.75, 3.05) is 0 Å². The molecule has 0 saturated carbocycles. The molecule has 76 valence electrons. The summed E-state index contributed by atoms with van der Waals surface area (Å²) in [5.74, 6) is -0.516. The number of carbonyl (C=O) groups excluding carboxylic acids is 1. The summed E-state index contributed by atoms with van der Waals surface area (Å²) in [6, 6.07) is 0. The van der Waals surface area contributed by atoms with Crippen molar-refractivity contribution in [1.29, 1.82) is 0 Å². The average molecular weight is 192 g/mol. The Hall–Kier alpha value is -0.530. The zero-order valence-corrected chi connectivity index (χ0v) is 6.99. The van der Waals surface area contributed by atoms with Crippen molar-refractivity contribution in [1.82, 2.24) is 0 Å². The highest BCUT2D eigenvalue weighted by Crippen LogP contribution is 2.20. The smallest absolute Gasteiger partial charge is 0.184 e. The lowest BCUT2D eigenvalue weighted by molar-refractivity contribution is -0.274. The molecule has 13 heavy (non-hydrogen) atoms. The van der Waals surface area contributed by atoms with E-state index in [1.807, 2.05) is 0 Å². The maximum atomic E-state index is 10.8. The number of aliphatic hydroxyl groups is 4. The van der Waals surface area contributed by atoms with Gasteiger partial charge >= 0.3 is 0 Å². The van der Waals surface area contributed by atoms with E-state index in [4.69, 9.17) is 15.3 Å². The minimum atomic E-state index is -1.65. The van der Waals surface area contributed by atoms with E-state index in [2.05, 4.69) is 4.74 Å². The van der Waals surface area contributed by atoms with Crippen LogP contribution >= 0.6 is 0 Å². The number of aliphatic hydroxyl groups excluding tert-OH is 4. The molecule has 6 heteroatoms. The van der Waals surface area contributed by atoms with Crippen LogP contribution in [0.15, 0.2) is 0 Å². The molecule has 1 aliphatic rings. The van der Waals surface area contributed by atoms with Gasteiger partial charge < -0.3 is 25.2 Å². The Morgan fingerprint density at radius 3 is 2.08 bits per heavy atom. The summed E-state index contributed by atoms with van der Waals surface area (Å²) < 4.78 is 4.59. The summed E-state index contributed by atoms with van der Waals surface area (Å²) in [6.45, 7) is 1.16. The topological polar surface area (TPSA) is 107 Å². The van der Waals surface area contributed by atoms with Crippen molar-refractivity contribution in [3.05, 3.63) is 0 Å². The summed E-state index contributed by atoms with van der Waals surface area (Å²) in [5, 5.41) is 36.4. The van der Waals surface area contributed by atoms with Gasteiger partial charge in [0.1, 0.15) is 24.4 Å². The van der Waals surface area contributed by atoms with E-state index in [-0.39, 0.29) is 0 Å². The first-order chi connectivity index (χ1) is 5.95. The molecule has 5 atom stereocenters. The molecular weight excluding hydrogens is 180 g/mol. The van der Waals surface area contributed by atoms with Gasteiger partial charge in [0.25, 0.3) is 0 Å². The van der Waals surface area contributed by atoms with Crippen LogP contribution < -0.4 is 0 Å². The predicted molar refractivity (Wildman–Crippen MR) is 39.6 cm³/mol. The van der Waals surface area contributed by atoms with E-state index in [9.17, 15) is 9.90 Å². The molecule has 0 aromatic heterocycles. The Morgan fingerprint density at radius 2 is 1.62 bits per heavy atom. The van der Waals surface area contributed by atoms with Gasteiger partial charge in [0.15, 0.2) is 12.1 Å². The van der Waals surface area contributed by atoms with Gasteiger partial charge in [-0.05, 0) is 6.92 Å². The number of rotatable bonds is 1. The van der Waals surface area contributed by atoms with E-state index < -0.39 is 36.5 Å². The van der Waals surface area contributed by atoms with Crippen LogP contribution in [0.25, 0.3) is 0 Å². The van der Waals surface area contributed by atoms with Crippen LogP contribution in [-0.4, -0.2) is 56.9 Å². The van der Waals surface area contributed by atoms with Crippen LogP contribution in [0.1, 0.15) is 6.92 Å². The van der Waals surface area contributed by atoms with Crippen LogP contribution in [0.2, 0.25) is 0 Å². The van der Waals surface area contributed by atoms with Crippen LogP contribution in [0.4, 0.5) is 0 Å². The van der Waals surface area contributed by atoms with E-state index in [0.717, 1.165) is 6.92 Å². The summed E-state index contributed by atoms with van der Waals surface area (Å²) in [4.78, 5) is 10.8. The zero-order valence-electron chi connectivity index (χ0n) is 6.99. The number of Topliss-reactive ketones (excluding diaryl/α,β-unsaturated/α-hetero) is 1. The Morgan fingerprint density at radius 1 is 1.08 bits per heavy atom. The van der Waals surface area contributed by atoms with Crippen molar-refractivity contribution < 1.29 is 30.0 Å². The van der Waals surface area contributed by atoms with E-state index >= 15 is 0 Å². The minimum Gasteiger partial charge on any atom is -0.387 e. The zero-order chi connectivity index (χ0) is 10.2. The fraction of sp³-hybridized carbons (Fsp3) is 0.857. The molecule has 1 rings (SSSR count). The van der Waals surface area contributed by atoms with Crippen molar-refractivity contribution >= 4 is 5.78 Å². The standard InChI is InChI=1S/C7H12O6/c1-2(8)6-4(10)3(9)5(11)7(12)13-6/h3-7,9-12H,1H3/t3-,4-,5-,6+,7-/m1/s1. The summed E-state index contributed by atoms with van der Waals surface area (Å²) >= 11 is 0. The van der Waals surface area contributed by atoms with Gasteiger partial charge in [-0.3, -0.25) is 4.79 Å². The van der Waals surface area contributed by atoms with Gasteiger partial charge in [-0.1, -0.05) is 0 Å². The summed E-state index contributed by atoms with van der Waals surface area (Å²) in [6.07, 6.45) is -7.60. The molecule has 0 spiro atoms. The molecule has 0 amide bonds. The van der Waals surface area contributed by atoms with Gasteiger partial charge in [-0.15, -0.1) is 0 Å². The first-order valence-corrected chi connectivity index (χ1v) is 3.83. The molecule has 0 radical (unpaired) electrons. The lowest BCUT2D eigenvalue weighted by atomic mass is 9.97. The largest absolute Gasteiger partial charge is 0.387 e. The lowest BCUT2D eigenvalue weighted by Gasteiger charge is -2.37. The van der Waals surface area contributed by atoms with Gasteiger partial charge in [-0.25, -0.2) is 0 Å². The third kappa shape index (κ3) is 1.87. The fourth-order valence-electron chi connectivity index (χ4n) is 1.20. The fourth-order valence-corrected chi connectivity index (χ4v) is 1.20. The second-order valence-corrected chi connectivity index (χ2v) is 3.03. The van der Waals surface area contributed by atoms with Gasteiger partial charge in [0, 0.05) is 0 Å². The monoisotopic (exact) mass is 192 g/mol. The molecule has 6 nitrogen and oxygen atoms in total. The molecule has 1 fully saturated rings. The number of hydrogen-bond acceptors (Lipinski definition) is 6. The Kier molecular flexibility index (Phi) is 2.99. The molecule has 0 aromatic carbocycles. The van der Waals surface area contributed by atoms with Crippen molar-refractivity contribution in [3.63, 3.8) is 0 Å². The summed E-state index contributed by atoms with van der Waals surface area (Å²) in [7, 11) is 0. The Balaban J connectivity index is 2.76. The molecular formula is C7H12O6. The molecule has 0 unspecified atom stereocenters. The van der Waals surface area contributed by atoms with Crippen LogP contribution in [0.5, 0.6) is 0 Å². The number of ketones is 1. The molecule has 0 aromatic rings. The first-order valence-electron chi connectivity index (χ1n) is 3.83. The average Bonchev–Trinajstić information content (AvgIpc) is 2.07. The van der Waals surface area contributed by atoms with Crippen LogP contribution in [0.3, 0.4) is 0 Å². The second-order valence-electron chi connectivity index (χ2n) is 3.03. The molecule has 1 aliphatic heterocycles. The van der Waals surface area contributed by atoms with Gasteiger partial charge in [0.2, 0.25) is 0 Å². The lowest BCUT2D eigenvalue weighted by Crippen LogP contribution is -2.59. The van der Waals surface area contributed by atoms with E-state index in [1.54, 1.807) is 0 Å². The maximum absolute atomic E-state index is 10.8. The normalized spacial score (nSPS) is 46.1. The maximum Gasteiger partial charge on any atom is 0.184 e. The Bertz CT molecular complexity index is 205. The van der Waals surface area contributed by atoms with E-state index in [1.165, 1.54) is 0 Å². The highest BCUT2D eigenvalue weighted by atomic mass is 16.6. The highest BCUT2D eigenvalue weighted by molar-refractivity contribution is 5.81. The van der Waals surface area contributed by atoms with Crippen LogP contribution in [0, 0.1) is 0 Å². The number of ether oxygens (including phenoxy) is 1. The molecule has 1 heterocycles. The molecule has 4 N–H and O–H groups in total. The van der Waals surface area contributed by atoms with Gasteiger partial charge in [0.05, 0.1) is 0 Å². The number of carbonyl (C=O) groups is 1. The van der Waals surface area contributed by atoms with Crippen molar-refractivity contribution in [2.45, 2.75) is 37.6 Å². The molecule has 0 bridgehead atoms. The Labute approximate surface area is 74.4 Å². The highest BCUT2D eigenvalue weighted by Gasteiger charge is 2.44. The second kappa shape index (κ2) is 3.69. The molecule has 0 aliphatic carbocycles. The van der Waals surface area contributed by atoms with Crippen molar-refractivity contribution in [3.8, 4) is 0 Å². The summed E-state index contributed by atoms with van der Waals surface area (Å²) in [5.41, 5.74) is 0. The first kappa shape index (κ1) is 10.6. The SMILES string of the molecule is CC(=O)[C@@H]1O[C@@H](O)[C@H](O)[C@H](O)[C@H]1O. The van der Waals surface area contributed by atoms with Crippen molar-refractivity contribution in [2.24, 2.45) is 0 Å². The third-order valence-electron chi connectivity index (χ3n) is 1.99. The van der Waals surface area contributed by atoms with Crippen LogP contribution in [-0.2, 0) is 9.53 Å². The van der Waals surface area contributed by atoms with Gasteiger partial charge in [-0.2, -0.15) is 0 Å². The van der Waals surface area contributed by atoms with E-state index in [0.29, 0.717) is 0 Å². The number of hydrogen-bond donors (Lipinski definition) is 4. The minimum absolute atomic E-state index is 0.516. The molecule has 1 saturated heterocycles. The predicted octanol–water partition coefficient (Wildman–Crippen LogP) is -2.62. The quantitative estimate of drug-likeness (QED) is 0.362.